The van der Waals surface area contributed by atoms with Crippen LogP contribution in [-0.4, -0.2) is 38.1 Å². The predicted molar refractivity (Wildman–Crippen MR) is 77.8 cm³/mol. The van der Waals surface area contributed by atoms with Crippen molar-refractivity contribution in [1.29, 1.82) is 5.26 Å². The summed E-state index contributed by atoms with van der Waals surface area (Å²) in [5, 5.41) is 8.93. The summed E-state index contributed by atoms with van der Waals surface area (Å²) in [7, 11) is 4.32. The lowest BCUT2D eigenvalue weighted by molar-refractivity contribution is 0.253. The summed E-state index contributed by atoms with van der Waals surface area (Å²) in [5.41, 5.74) is 1.87. The average molecular weight is 308 g/mol. The molecule has 0 amide bonds. The predicted octanol–water partition coefficient (Wildman–Crippen LogP) is 2.85. The highest BCUT2D eigenvalue weighted by atomic mass is 79.9. The summed E-state index contributed by atoms with van der Waals surface area (Å²) in [5.74, 6) is 0. The zero-order valence-electron chi connectivity index (χ0n) is 10.9. The van der Waals surface area contributed by atoms with Gasteiger partial charge in [0.1, 0.15) is 6.07 Å². The number of benzene rings is 1. The Morgan fingerprint density at radius 2 is 2.06 bits per heavy atom. The number of halogens is 1. The lowest BCUT2D eigenvalue weighted by atomic mass is 10.0. The molecule has 0 saturated carbocycles. The summed E-state index contributed by atoms with van der Waals surface area (Å²) in [6.07, 6.45) is 2.40. The second-order valence-electron chi connectivity index (χ2n) is 4.92. The smallest absolute Gasteiger partial charge is 0.100 e. The molecule has 2 rings (SSSR count). The summed E-state index contributed by atoms with van der Waals surface area (Å²) in [4.78, 5) is 4.71. The molecule has 0 aliphatic carbocycles. The van der Waals surface area contributed by atoms with Crippen LogP contribution in [0.1, 0.15) is 18.4 Å². The topological polar surface area (TPSA) is 30.3 Å². The van der Waals surface area contributed by atoms with Gasteiger partial charge in [-0.25, -0.2) is 0 Å². The lowest BCUT2D eigenvalue weighted by Gasteiger charge is -2.36. The first-order chi connectivity index (χ1) is 8.61. The maximum atomic E-state index is 8.93. The minimum atomic E-state index is 0.598. The van der Waals surface area contributed by atoms with Crippen LogP contribution < -0.4 is 4.90 Å². The van der Waals surface area contributed by atoms with Crippen molar-refractivity contribution < 1.29 is 0 Å². The molecule has 1 fully saturated rings. The number of nitrogens with zero attached hydrogens (tertiary/aromatic N) is 3. The van der Waals surface area contributed by atoms with E-state index in [0.29, 0.717) is 11.6 Å². The molecule has 1 aliphatic heterocycles. The Hall–Kier alpha value is -1.05. The van der Waals surface area contributed by atoms with E-state index >= 15 is 0 Å². The number of hydrogen-bond donors (Lipinski definition) is 0. The molecule has 0 atom stereocenters. The molecule has 0 spiro atoms. The Kier molecular flexibility index (Phi) is 4.26. The van der Waals surface area contributed by atoms with Crippen molar-refractivity contribution in [2.75, 3.05) is 32.1 Å². The molecule has 0 bridgehead atoms. The zero-order valence-corrected chi connectivity index (χ0v) is 12.4. The van der Waals surface area contributed by atoms with Gasteiger partial charge >= 0.3 is 0 Å². The van der Waals surface area contributed by atoms with Gasteiger partial charge < -0.3 is 9.80 Å². The Morgan fingerprint density at radius 1 is 1.39 bits per heavy atom. The summed E-state index contributed by atoms with van der Waals surface area (Å²) in [6.45, 7) is 2.32. The third-order valence-electron chi connectivity index (χ3n) is 3.72. The summed E-state index contributed by atoms with van der Waals surface area (Å²) in [6, 6.07) is 8.72. The highest BCUT2D eigenvalue weighted by Gasteiger charge is 2.21. The molecule has 1 aromatic carbocycles. The molecule has 0 unspecified atom stereocenters. The molecule has 3 nitrogen and oxygen atoms in total. The number of rotatable bonds is 2. The van der Waals surface area contributed by atoms with E-state index in [0.717, 1.165) is 17.6 Å². The van der Waals surface area contributed by atoms with Gasteiger partial charge in [-0.1, -0.05) is 0 Å². The Bertz CT molecular complexity index is 459. The van der Waals surface area contributed by atoms with E-state index in [4.69, 9.17) is 5.26 Å². The summed E-state index contributed by atoms with van der Waals surface area (Å²) >= 11 is 3.45. The highest BCUT2D eigenvalue weighted by Crippen LogP contribution is 2.26. The van der Waals surface area contributed by atoms with Gasteiger partial charge in [-0.15, -0.1) is 0 Å². The molecule has 0 aromatic heterocycles. The van der Waals surface area contributed by atoms with Crippen molar-refractivity contribution in [2.45, 2.75) is 18.9 Å². The number of likely N-dealkylation sites (tertiary alicyclic amines) is 1. The molecule has 96 valence electrons. The molecule has 0 radical (unpaired) electrons. The van der Waals surface area contributed by atoms with Gasteiger partial charge in [-0.05, 0) is 67.1 Å². The normalized spacial score (nSPS) is 17.4. The fourth-order valence-corrected chi connectivity index (χ4v) is 2.86. The van der Waals surface area contributed by atoms with Gasteiger partial charge in [0.25, 0.3) is 0 Å². The largest absolute Gasteiger partial charge is 0.371 e. The first-order valence-corrected chi connectivity index (χ1v) is 7.02. The summed E-state index contributed by atoms with van der Waals surface area (Å²) < 4.78 is 0.877. The third kappa shape index (κ3) is 2.85. The van der Waals surface area contributed by atoms with E-state index in [2.05, 4.69) is 45.9 Å². The number of hydrogen-bond acceptors (Lipinski definition) is 3. The van der Waals surface area contributed by atoms with Crippen LogP contribution in [0.4, 0.5) is 5.69 Å². The first-order valence-electron chi connectivity index (χ1n) is 6.23. The van der Waals surface area contributed by atoms with Gasteiger partial charge in [0.2, 0.25) is 0 Å². The van der Waals surface area contributed by atoms with Gasteiger partial charge in [0.05, 0.1) is 5.56 Å². The molecule has 1 aliphatic rings. The van der Waals surface area contributed by atoms with E-state index in [1.807, 2.05) is 18.2 Å². The van der Waals surface area contributed by atoms with Crippen LogP contribution in [0.2, 0.25) is 0 Å². The van der Waals surface area contributed by atoms with Crippen molar-refractivity contribution in [3.8, 4) is 6.07 Å². The molecule has 1 heterocycles. The van der Waals surface area contributed by atoms with Crippen LogP contribution in [0.25, 0.3) is 0 Å². The standard InChI is InChI=1S/C14H18BrN3/c1-17-7-5-12(6-8-17)18(2)13-4-3-11(10-16)14(15)9-13/h3-4,9,12H,5-8H2,1-2H3. The monoisotopic (exact) mass is 307 g/mol. The SMILES string of the molecule is CN1CCC(N(C)c2ccc(C#N)c(Br)c2)CC1. The van der Waals surface area contributed by atoms with Gasteiger partial charge in [0.15, 0.2) is 0 Å². The Balaban J connectivity index is 2.11. The van der Waals surface area contributed by atoms with E-state index in [1.54, 1.807) is 0 Å². The van der Waals surface area contributed by atoms with E-state index in [1.165, 1.54) is 18.5 Å². The second-order valence-corrected chi connectivity index (χ2v) is 5.78. The van der Waals surface area contributed by atoms with Crippen LogP contribution in [0, 0.1) is 11.3 Å². The quantitative estimate of drug-likeness (QED) is 0.841. The minimum Gasteiger partial charge on any atom is -0.371 e. The van der Waals surface area contributed by atoms with Crippen molar-refractivity contribution >= 4 is 21.6 Å². The van der Waals surface area contributed by atoms with Crippen LogP contribution in [0.3, 0.4) is 0 Å². The molecule has 1 saturated heterocycles. The minimum absolute atomic E-state index is 0.598. The second kappa shape index (κ2) is 5.73. The highest BCUT2D eigenvalue weighted by molar-refractivity contribution is 9.10. The zero-order chi connectivity index (χ0) is 13.1. The maximum absolute atomic E-state index is 8.93. The fraction of sp³-hybridized carbons (Fsp3) is 0.500. The number of anilines is 1. The molecule has 18 heavy (non-hydrogen) atoms. The molecule has 4 heteroatoms. The van der Waals surface area contributed by atoms with Gasteiger partial charge in [-0.3, -0.25) is 0 Å². The number of nitriles is 1. The molecular weight excluding hydrogens is 290 g/mol. The number of piperidine rings is 1. The lowest BCUT2D eigenvalue weighted by Crippen LogP contribution is -2.41. The van der Waals surface area contributed by atoms with Crippen molar-refractivity contribution in [1.82, 2.24) is 4.90 Å². The molecule has 1 aromatic rings. The molecule has 0 N–H and O–H groups in total. The van der Waals surface area contributed by atoms with Crippen molar-refractivity contribution in [3.63, 3.8) is 0 Å². The van der Waals surface area contributed by atoms with Gasteiger partial charge in [-0.2, -0.15) is 5.26 Å². The van der Waals surface area contributed by atoms with Crippen LogP contribution >= 0.6 is 15.9 Å². The molecular formula is C14H18BrN3. The van der Waals surface area contributed by atoms with Crippen LogP contribution in [0.15, 0.2) is 22.7 Å². The van der Waals surface area contributed by atoms with Crippen molar-refractivity contribution in [3.05, 3.63) is 28.2 Å². The average Bonchev–Trinajstić information content (AvgIpc) is 2.38. The fourth-order valence-electron chi connectivity index (χ4n) is 2.41. The Morgan fingerprint density at radius 3 is 2.61 bits per heavy atom. The van der Waals surface area contributed by atoms with E-state index in [-0.39, 0.29) is 0 Å². The first kappa shape index (κ1) is 13.4. The van der Waals surface area contributed by atoms with Crippen LogP contribution in [-0.2, 0) is 0 Å². The van der Waals surface area contributed by atoms with E-state index < -0.39 is 0 Å². The Labute approximate surface area is 117 Å². The van der Waals surface area contributed by atoms with Gasteiger partial charge in [0, 0.05) is 23.2 Å². The van der Waals surface area contributed by atoms with Crippen molar-refractivity contribution in [2.24, 2.45) is 0 Å². The third-order valence-corrected chi connectivity index (χ3v) is 4.37. The maximum Gasteiger partial charge on any atom is 0.100 e. The van der Waals surface area contributed by atoms with E-state index in [9.17, 15) is 0 Å². The van der Waals surface area contributed by atoms with Crippen LogP contribution in [0.5, 0.6) is 0 Å².